The Hall–Kier alpha value is -4.58. The lowest BCUT2D eigenvalue weighted by Crippen LogP contribution is -2.30. The first-order valence-corrected chi connectivity index (χ1v) is 10.6. The van der Waals surface area contributed by atoms with Gasteiger partial charge in [0.1, 0.15) is 18.5 Å². The van der Waals surface area contributed by atoms with E-state index in [0.29, 0.717) is 11.3 Å². The Morgan fingerprint density at radius 3 is 2.71 bits per heavy atom. The van der Waals surface area contributed by atoms with Crippen molar-refractivity contribution in [1.82, 2.24) is 19.1 Å². The van der Waals surface area contributed by atoms with Gasteiger partial charge in [0.2, 0.25) is 5.95 Å². The first kappa shape index (κ1) is 23.6. The van der Waals surface area contributed by atoms with Crippen molar-refractivity contribution in [3.63, 3.8) is 0 Å². The molecule has 12 nitrogen and oxygen atoms in total. The molecule has 35 heavy (non-hydrogen) atoms. The topological polar surface area (TPSA) is 156 Å². The maximum absolute atomic E-state index is 12.6. The number of nitrogens with one attached hydrogen (secondary N) is 2. The first-order chi connectivity index (χ1) is 16.9. The molecular formula is C23H24N6O6. The Bertz CT molecular complexity index is 1470. The number of phenolic OH excluding ortho intramolecular Hbond substituents is 1. The third kappa shape index (κ3) is 5.01. The molecule has 0 bridgehead atoms. The number of aromatic amines is 1. The molecule has 0 aliphatic carbocycles. The lowest BCUT2D eigenvalue weighted by atomic mass is 10.2. The minimum Gasteiger partial charge on any atom is -0.504 e. The fourth-order valence-corrected chi connectivity index (χ4v) is 3.44. The maximum Gasteiger partial charge on any atom is 0.329 e. The number of aromatic nitrogens is 4. The smallest absolute Gasteiger partial charge is 0.329 e. The van der Waals surface area contributed by atoms with Gasteiger partial charge in [0.15, 0.2) is 22.7 Å². The Kier molecular flexibility index (Phi) is 6.83. The number of nitrogens with zero attached hydrogens (tertiary/aromatic N) is 4. The Morgan fingerprint density at radius 1 is 1.20 bits per heavy atom. The summed E-state index contributed by atoms with van der Waals surface area (Å²) in [6.07, 6.45) is 0.330. The van der Waals surface area contributed by atoms with Crippen molar-refractivity contribution >= 4 is 23.3 Å². The normalized spacial score (nSPS) is 12.2. The van der Waals surface area contributed by atoms with Crippen molar-refractivity contribution < 1.29 is 19.7 Å². The van der Waals surface area contributed by atoms with Gasteiger partial charge in [-0.3, -0.25) is 14.3 Å². The molecule has 4 aromatic rings. The van der Waals surface area contributed by atoms with E-state index in [-0.39, 0.29) is 41.8 Å². The van der Waals surface area contributed by atoms with E-state index in [2.05, 4.69) is 20.5 Å². The van der Waals surface area contributed by atoms with Crippen LogP contribution in [0.2, 0.25) is 0 Å². The molecule has 1 atom stereocenters. The number of hydrazone groups is 1. The van der Waals surface area contributed by atoms with Gasteiger partial charge in [-0.15, -0.1) is 0 Å². The standard InChI is InChI=1S/C23H24N6O6/c1-28-20-18(21(32)26-23(28)33)29(12-15(30)13-35-16-8-4-3-5-9-16)22(25-20)27-24-11-14-7-6-10-17(34-2)19(14)31/h3-11,15,30-31H,12-13H2,1-2H3,(H,25,27)(H,26,32,33)/b24-11+. The molecule has 182 valence electrons. The van der Waals surface area contributed by atoms with Gasteiger partial charge in [-0.1, -0.05) is 24.3 Å². The average molecular weight is 480 g/mol. The van der Waals surface area contributed by atoms with Gasteiger partial charge in [-0.2, -0.15) is 10.1 Å². The predicted molar refractivity (Wildman–Crippen MR) is 129 cm³/mol. The van der Waals surface area contributed by atoms with E-state index in [4.69, 9.17) is 9.47 Å². The van der Waals surface area contributed by atoms with Gasteiger partial charge in [0, 0.05) is 12.6 Å². The largest absolute Gasteiger partial charge is 0.504 e. The van der Waals surface area contributed by atoms with Crippen molar-refractivity contribution in [2.45, 2.75) is 12.6 Å². The summed E-state index contributed by atoms with van der Waals surface area (Å²) in [5.74, 6) is 0.873. The molecular weight excluding hydrogens is 456 g/mol. The number of imidazole rings is 1. The molecule has 2 heterocycles. The Labute approximate surface area is 198 Å². The van der Waals surface area contributed by atoms with Gasteiger partial charge in [0.25, 0.3) is 5.56 Å². The summed E-state index contributed by atoms with van der Waals surface area (Å²) in [4.78, 5) is 31.2. The number of aryl methyl sites for hydroxylation is 1. The summed E-state index contributed by atoms with van der Waals surface area (Å²) in [6.45, 7) is -0.124. The second kappa shape index (κ2) is 10.1. The van der Waals surface area contributed by atoms with E-state index in [1.807, 2.05) is 18.2 Å². The highest BCUT2D eigenvalue weighted by atomic mass is 16.5. The number of phenols is 1. The lowest BCUT2D eigenvalue weighted by molar-refractivity contribution is 0.0938. The van der Waals surface area contributed by atoms with E-state index in [1.165, 1.54) is 29.5 Å². The van der Waals surface area contributed by atoms with E-state index >= 15 is 0 Å². The molecule has 4 rings (SSSR count). The van der Waals surface area contributed by atoms with Gasteiger partial charge in [-0.25, -0.2) is 10.2 Å². The van der Waals surface area contributed by atoms with E-state index in [9.17, 15) is 19.8 Å². The number of aliphatic hydroxyl groups excluding tert-OH is 1. The minimum atomic E-state index is -1.02. The van der Waals surface area contributed by atoms with Crippen molar-refractivity contribution in [3.8, 4) is 17.2 Å². The van der Waals surface area contributed by atoms with Crippen LogP contribution in [0.1, 0.15) is 5.56 Å². The highest BCUT2D eigenvalue weighted by Gasteiger charge is 2.20. The van der Waals surface area contributed by atoms with Crippen LogP contribution in [-0.2, 0) is 13.6 Å². The fourth-order valence-electron chi connectivity index (χ4n) is 3.44. The van der Waals surface area contributed by atoms with E-state index < -0.39 is 17.4 Å². The average Bonchev–Trinajstić information content (AvgIpc) is 3.21. The van der Waals surface area contributed by atoms with Crippen LogP contribution in [0.3, 0.4) is 0 Å². The number of aliphatic hydroxyl groups is 1. The quantitative estimate of drug-likeness (QED) is 0.204. The monoisotopic (exact) mass is 480 g/mol. The van der Waals surface area contributed by atoms with Crippen molar-refractivity contribution in [1.29, 1.82) is 0 Å². The number of fused-ring (bicyclic) bond motifs is 1. The molecule has 0 aliphatic rings. The van der Waals surface area contributed by atoms with Crippen LogP contribution in [-0.4, -0.2) is 55.4 Å². The molecule has 0 fully saturated rings. The summed E-state index contributed by atoms with van der Waals surface area (Å²) in [5, 5.41) is 24.9. The third-order valence-corrected chi connectivity index (χ3v) is 5.20. The van der Waals surface area contributed by atoms with Crippen LogP contribution in [0.15, 0.2) is 63.2 Å². The number of hydrogen-bond donors (Lipinski definition) is 4. The zero-order valence-electron chi connectivity index (χ0n) is 19.0. The number of anilines is 1. The molecule has 0 saturated carbocycles. The summed E-state index contributed by atoms with van der Waals surface area (Å²) >= 11 is 0. The molecule has 0 radical (unpaired) electrons. The Morgan fingerprint density at radius 2 is 1.97 bits per heavy atom. The first-order valence-electron chi connectivity index (χ1n) is 10.6. The van der Waals surface area contributed by atoms with Crippen LogP contribution >= 0.6 is 0 Å². The van der Waals surface area contributed by atoms with Crippen LogP contribution in [0.25, 0.3) is 11.2 Å². The molecule has 0 aliphatic heterocycles. The Balaban J connectivity index is 1.64. The van der Waals surface area contributed by atoms with Crippen molar-refractivity contribution in [2.24, 2.45) is 12.1 Å². The number of methoxy groups -OCH3 is 1. The van der Waals surface area contributed by atoms with Gasteiger partial charge >= 0.3 is 5.69 Å². The number of hydrogen-bond acceptors (Lipinski definition) is 9. The van der Waals surface area contributed by atoms with Crippen LogP contribution < -0.4 is 26.1 Å². The van der Waals surface area contributed by atoms with Crippen LogP contribution in [0.5, 0.6) is 17.2 Å². The molecule has 2 aromatic heterocycles. The summed E-state index contributed by atoms with van der Waals surface area (Å²) in [6, 6.07) is 13.9. The van der Waals surface area contributed by atoms with E-state index in [1.54, 1.807) is 30.3 Å². The number of aromatic hydroxyl groups is 1. The number of benzene rings is 2. The molecule has 0 spiro atoms. The van der Waals surface area contributed by atoms with Crippen molar-refractivity contribution in [3.05, 3.63) is 74.9 Å². The molecule has 0 saturated heterocycles. The van der Waals surface area contributed by atoms with Gasteiger partial charge in [0.05, 0.1) is 19.9 Å². The van der Waals surface area contributed by atoms with Gasteiger partial charge in [-0.05, 0) is 24.3 Å². The summed E-state index contributed by atoms with van der Waals surface area (Å²) in [5.41, 5.74) is 1.99. The molecule has 12 heteroatoms. The second-order valence-corrected chi connectivity index (χ2v) is 7.58. The number of H-pyrrole nitrogens is 1. The minimum absolute atomic E-state index is 0.0479. The zero-order chi connectivity index (χ0) is 24.9. The highest BCUT2D eigenvalue weighted by Crippen LogP contribution is 2.28. The number of para-hydroxylation sites is 2. The summed E-state index contributed by atoms with van der Waals surface area (Å²) in [7, 11) is 2.90. The molecule has 2 aromatic carbocycles. The highest BCUT2D eigenvalue weighted by molar-refractivity contribution is 5.85. The number of rotatable bonds is 9. The molecule has 0 amide bonds. The third-order valence-electron chi connectivity index (χ3n) is 5.20. The van der Waals surface area contributed by atoms with Crippen molar-refractivity contribution in [2.75, 3.05) is 19.1 Å². The predicted octanol–water partition coefficient (Wildman–Crippen LogP) is 1.02. The number of ether oxygens (including phenoxy) is 2. The summed E-state index contributed by atoms with van der Waals surface area (Å²) < 4.78 is 13.3. The lowest BCUT2D eigenvalue weighted by Gasteiger charge is -2.15. The van der Waals surface area contributed by atoms with Crippen LogP contribution in [0.4, 0.5) is 5.95 Å². The second-order valence-electron chi connectivity index (χ2n) is 7.58. The maximum atomic E-state index is 12.6. The molecule has 4 N–H and O–H groups in total. The zero-order valence-corrected chi connectivity index (χ0v) is 19.0. The van der Waals surface area contributed by atoms with Gasteiger partial charge < -0.3 is 24.3 Å². The van der Waals surface area contributed by atoms with E-state index in [0.717, 1.165) is 0 Å². The SMILES string of the molecule is COc1cccc(/C=N/Nc2nc3c(c(=O)[nH]c(=O)n3C)n2CC(O)COc2ccccc2)c1O. The van der Waals surface area contributed by atoms with Crippen LogP contribution in [0, 0.1) is 0 Å². The fraction of sp³-hybridized carbons (Fsp3) is 0.217. The molecule has 1 unspecified atom stereocenters.